The lowest BCUT2D eigenvalue weighted by Gasteiger charge is -2.37. The van der Waals surface area contributed by atoms with Crippen molar-refractivity contribution >= 4 is 40.6 Å². The summed E-state index contributed by atoms with van der Waals surface area (Å²) in [6, 6.07) is 7.55. The first-order chi connectivity index (χ1) is 14.5. The van der Waals surface area contributed by atoms with Crippen LogP contribution in [0.5, 0.6) is 0 Å². The molecule has 0 saturated carbocycles. The average molecular weight is 446 g/mol. The Labute approximate surface area is 184 Å². The molecule has 6 N–H and O–H groups in total. The summed E-state index contributed by atoms with van der Waals surface area (Å²) in [5, 5.41) is 0. The number of benzene rings is 1. The number of anilines is 2. The van der Waals surface area contributed by atoms with Gasteiger partial charge < -0.3 is 31.7 Å². The van der Waals surface area contributed by atoms with Crippen LogP contribution in [-0.4, -0.2) is 54.6 Å². The third kappa shape index (κ3) is 4.74. The van der Waals surface area contributed by atoms with Crippen LogP contribution < -0.4 is 22.1 Å². The molecule has 3 rings (SSSR count). The van der Waals surface area contributed by atoms with Crippen molar-refractivity contribution < 1.29 is 19.1 Å². The number of piperazine rings is 1. The zero-order valence-corrected chi connectivity index (χ0v) is 18.6. The summed E-state index contributed by atoms with van der Waals surface area (Å²) in [5.74, 6) is -1.54. The number of para-hydroxylation sites is 1. The molecule has 1 saturated heterocycles. The van der Waals surface area contributed by atoms with Gasteiger partial charge in [0.1, 0.15) is 10.5 Å². The Morgan fingerprint density at radius 3 is 2.13 bits per heavy atom. The first-order valence-corrected chi connectivity index (χ1v) is 10.7. The molecule has 1 aromatic heterocycles. The summed E-state index contributed by atoms with van der Waals surface area (Å²) in [5.41, 5.74) is 18.3. The number of nitrogens with zero attached hydrogens (tertiary/aromatic N) is 2. The molecule has 31 heavy (non-hydrogen) atoms. The quantitative estimate of drug-likeness (QED) is 0.658. The van der Waals surface area contributed by atoms with E-state index in [1.165, 1.54) is 0 Å². The minimum absolute atomic E-state index is 0.0444. The molecule has 2 aromatic rings. The highest BCUT2D eigenvalue weighted by Gasteiger charge is 2.29. The number of primary amides is 2. The number of carbonyl (C=O) groups excluding carboxylic acids is 3. The lowest BCUT2D eigenvalue weighted by molar-refractivity contribution is 0.0240. The maximum absolute atomic E-state index is 12.3. The van der Waals surface area contributed by atoms with Gasteiger partial charge in [0.2, 0.25) is 0 Å². The number of amides is 3. The minimum Gasteiger partial charge on any atom is -0.444 e. The van der Waals surface area contributed by atoms with Crippen LogP contribution in [0.15, 0.2) is 24.3 Å². The molecule has 0 unspecified atom stereocenters. The summed E-state index contributed by atoms with van der Waals surface area (Å²) < 4.78 is 5.45. The third-order valence-electron chi connectivity index (χ3n) is 4.84. The van der Waals surface area contributed by atoms with Crippen LogP contribution >= 0.6 is 11.3 Å². The number of ether oxygens (including phenoxy) is 1. The van der Waals surface area contributed by atoms with E-state index in [0.29, 0.717) is 31.1 Å². The van der Waals surface area contributed by atoms with Crippen molar-refractivity contribution in [1.82, 2.24) is 4.90 Å². The molecule has 2 heterocycles. The van der Waals surface area contributed by atoms with E-state index in [1.807, 2.05) is 45.0 Å². The minimum atomic E-state index is -0.794. The molecule has 0 bridgehead atoms. The number of nitrogens with two attached hydrogens (primary N) is 3. The first kappa shape index (κ1) is 22.4. The van der Waals surface area contributed by atoms with Gasteiger partial charge in [0.25, 0.3) is 11.8 Å². The van der Waals surface area contributed by atoms with Crippen LogP contribution in [0.3, 0.4) is 0 Å². The van der Waals surface area contributed by atoms with Crippen LogP contribution in [0.4, 0.5) is 16.2 Å². The highest BCUT2D eigenvalue weighted by Crippen LogP contribution is 2.43. The Morgan fingerprint density at radius 2 is 1.61 bits per heavy atom. The van der Waals surface area contributed by atoms with E-state index in [2.05, 4.69) is 4.90 Å². The lowest BCUT2D eigenvalue weighted by atomic mass is 10.1. The number of hydrogen-bond acceptors (Lipinski definition) is 7. The summed E-state index contributed by atoms with van der Waals surface area (Å²) in [6.07, 6.45) is -0.333. The number of thiophene rings is 1. The smallest absolute Gasteiger partial charge is 0.410 e. The topological polar surface area (TPSA) is 145 Å². The van der Waals surface area contributed by atoms with E-state index < -0.39 is 17.4 Å². The van der Waals surface area contributed by atoms with Crippen molar-refractivity contribution in [3.63, 3.8) is 0 Å². The molecule has 0 aliphatic carbocycles. The van der Waals surface area contributed by atoms with Gasteiger partial charge in [0.05, 0.1) is 16.1 Å². The monoisotopic (exact) mass is 445 g/mol. The van der Waals surface area contributed by atoms with E-state index in [1.54, 1.807) is 4.90 Å². The van der Waals surface area contributed by atoms with Gasteiger partial charge in [-0.2, -0.15) is 0 Å². The largest absolute Gasteiger partial charge is 0.444 e. The highest BCUT2D eigenvalue weighted by atomic mass is 32.1. The molecular formula is C21H27N5O4S. The van der Waals surface area contributed by atoms with Crippen molar-refractivity contribution in [2.24, 2.45) is 11.5 Å². The second-order valence-electron chi connectivity index (χ2n) is 8.25. The summed E-state index contributed by atoms with van der Waals surface area (Å²) >= 11 is 1.05. The Balaban J connectivity index is 1.88. The van der Waals surface area contributed by atoms with Crippen molar-refractivity contribution in [3.05, 3.63) is 34.7 Å². The highest BCUT2D eigenvalue weighted by molar-refractivity contribution is 7.18. The Hall–Kier alpha value is -3.27. The molecule has 1 aromatic carbocycles. The predicted octanol–water partition coefficient (Wildman–Crippen LogP) is 2.25. The first-order valence-electron chi connectivity index (χ1n) is 9.83. The lowest BCUT2D eigenvalue weighted by Crippen LogP contribution is -2.50. The van der Waals surface area contributed by atoms with Gasteiger partial charge in [0.15, 0.2) is 0 Å². The van der Waals surface area contributed by atoms with E-state index in [0.717, 1.165) is 22.6 Å². The maximum atomic E-state index is 12.3. The molecule has 1 aliphatic rings. The second-order valence-corrected chi connectivity index (χ2v) is 9.27. The van der Waals surface area contributed by atoms with Gasteiger partial charge in [0, 0.05) is 37.4 Å². The van der Waals surface area contributed by atoms with Crippen LogP contribution in [-0.2, 0) is 4.74 Å². The maximum Gasteiger partial charge on any atom is 0.410 e. The molecule has 10 heteroatoms. The van der Waals surface area contributed by atoms with E-state index in [9.17, 15) is 14.4 Å². The number of carbonyl (C=O) groups is 3. The van der Waals surface area contributed by atoms with Gasteiger partial charge in [-0.25, -0.2) is 4.79 Å². The normalized spacial score (nSPS) is 14.4. The molecule has 166 valence electrons. The van der Waals surface area contributed by atoms with Gasteiger partial charge in [-0.1, -0.05) is 18.2 Å². The van der Waals surface area contributed by atoms with E-state index in [4.69, 9.17) is 21.9 Å². The van der Waals surface area contributed by atoms with Crippen LogP contribution in [0, 0.1) is 0 Å². The van der Waals surface area contributed by atoms with Crippen molar-refractivity contribution in [3.8, 4) is 10.4 Å². The average Bonchev–Trinajstić information content (AvgIpc) is 3.04. The predicted molar refractivity (Wildman–Crippen MR) is 121 cm³/mol. The van der Waals surface area contributed by atoms with Crippen LogP contribution in [0.1, 0.15) is 40.8 Å². The van der Waals surface area contributed by atoms with E-state index in [-0.39, 0.29) is 22.2 Å². The molecule has 0 atom stereocenters. The molecule has 1 aliphatic heterocycles. The van der Waals surface area contributed by atoms with Gasteiger partial charge in [-0.15, -0.1) is 11.3 Å². The molecule has 0 radical (unpaired) electrons. The fourth-order valence-corrected chi connectivity index (χ4v) is 4.57. The van der Waals surface area contributed by atoms with Gasteiger partial charge in [-0.3, -0.25) is 9.59 Å². The number of rotatable bonds is 4. The molecule has 0 spiro atoms. The fraction of sp³-hybridized carbons (Fsp3) is 0.381. The molecule has 3 amide bonds. The van der Waals surface area contributed by atoms with Crippen LogP contribution in [0.25, 0.3) is 10.4 Å². The van der Waals surface area contributed by atoms with Gasteiger partial charge in [-0.05, 0) is 26.8 Å². The second kappa shape index (κ2) is 8.46. The standard InChI is InChI=1S/C21H27N5O4S/c1-21(2,3)30-20(29)26-10-8-25(9-11-26)13-7-5-4-6-12(13)16-15(22)14(18(23)27)17(31-16)19(24)28/h4-7H,8-11,22H2,1-3H3,(H2,23,27)(H2,24,28). The summed E-state index contributed by atoms with van der Waals surface area (Å²) in [4.78, 5) is 40.4. The van der Waals surface area contributed by atoms with Crippen molar-refractivity contribution in [1.29, 1.82) is 0 Å². The van der Waals surface area contributed by atoms with Gasteiger partial charge >= 0.3 is 6.09 Å². The number of hydrogen-bond donors (Lipinski definition) is 3. The fourth-order valence-electron chi connectivity index (χ4n) is 3.46. The van der Waals surface area contributed by atoms with Crippen molar-refractivity contribution in [2.75, 3.05) is 36.8 Å². The summed E-state index contributed by atoms with van der Waals surface area (Å²) in [7, 11) is 0. The number of nitrogen functional groups attached to an aromatic ring is 1. The summed E-state index contributed by atoms with van der Waals surface area (Å²) in [6.45, 7) is 7.70. The Kier molecular flexibility index (Phi) is 6.12. The zero-order valence-electron chi connectivity index (χ0n) is 17.8. The molecular weight excluding hydrogens is 418 g/mol. The Bertz CT molecular complexity index is 1020. The van der Waals surface area contributed by atoms with Crippen LogP contribution in [0.2, 0.25) is 0 Å². The van der Waals surface area contributed by atoms with E-state index >= 15 is 0 Å². The third-order valence-corrected chi connectivity index (χ3v) is 6.09. The van der Waals surface area contributed by atoms with Crippen molar-refractivity contribution in [2.45, 2.75) is 26.4 Å². The zero-order chi connectivity index (χ0) is 22.9. The molecule has 9 nitrogen and oxygen atoms in total. The Morgan fingerprint density at radius 1 is 1.00 bits per heavy atom. The SMILES string of the molecule is CC(C)(C)OC(=O)N1CCN(c2ccccc2-c2sc(C(N)=O)c(C(N)=O)c2N)CC1. The molecule has 1 fully saturated rings.